The minimum atomic E-state index is -0.295. The zero-order valence-corrected chi connectivity index (χ0v) is 9.16. The van der Waals surface area contributed by atoms with Crippen molar-refractivity contribution >= 4 is 5.97 Å². The summed E-state index contributed by atoms with van der Waals surface area (Å²) in [6, 6.07) is 6.23. The molecule has 0 aliphatic heterocycles. The highest BCUT2D eigenvalue weighted by molar-refractivity contribution is 5.66. The van der Waals surface area contributed by atoms with Crippen LogP contribution in [0.1, 0.15) is 32.3 Å². The van der Waals surface area contributed by atoms with E-state index in [2.05, 4.69) is 0 Å². The van der Waals surface area contributed by atoms with Gasteiger partial charge < -0.3 is 4.74 Å². The third-order valence-electron chi connectivity index (χ3n) is 2.45. The van der Waals surface area contributed by atoms with Gasteiger partial charge in [0.1, 0.15) is 11.9 Å². The summed E-state index contributed by atoms with van der Waals surface area (Å²) in [6.07, 6.45) is -0.201. The predicted molar refractivity (Wildman–Crippen MR) is 56.0 cm³/mol. The van der Waals surface area contributed by atoms with Crippen LogP contribution in [0.4, 0.5) is 4.39 Å². The first-order chi connectivity index (χ1) is 7.00. The molecule has 1 rings (SSSR count). The molecule has 0 aliphatic rings. The van der Waals surface area contributed by atoms with Crippen molar-refractivity contribution in [3.8, 4) is 0 Å². The van der Waals surface area contributed by atoms with Crippen LogP contribution in [0.5, 0.6) is 0 Å². The minimum absolute atomic E-state index is 0.0644. The van der Waals surface area contributed by atoms with Crippen molar-refractivity contribution in [2.75, 3.05) is 0 Å². The lowest BCUT2D eigenvalue weighted by Crippen LogP contribution is -2.19. The second-order valence-electron chi connectivity index (χ2n) is 3.65. The zero-order chi connectivity index (χ0) is 11.4. The van der Waals surface area contributed by atoms with E-state index < -0.39 is 0 Å². The van der Waals surface area contributed by atoms with Gasteiger partial charge in [-0.25, -0.2) is 4.39 Å². The average Bonchev–Trinajstić information content (AvgIpc) is 2.17. The SMILES string of the molecule is CC(=O)O[C@@H](C)[C@@H](C)c1ccc(F)cc1. The zero-order valence-electron chi connectivity index (χ0n) is 9.16. The molecule has 0 unspecified atom stereocenters. The summed E-state index contributed by atoms with van der Waals surface area (Å²) in [5.41, 5.74) is 0.963. The molecule has 0 radical (unpaired) electrons. The molecular formula is C12H15FO2. The lowest BCUT2D eigenvalue weighted by molar-refractivity contribution is -0.146. The van der Waals surface area contributed by atoms with Crippen molar-refractivity contribution in [1.29, 1.82) is 0 Å². The van der Waals surface area contributed by atoms with E-state index in [4.69, 9.17) is 4.74 Å². The molecule has 2 atom stereocenters. The predicted octanol–water partition coefficient (Wildman–Crippen LogP) is 2.88. The summed E-state index contributed by atoms with van der Waals surface area (Å²) in [6.45, 7) is 5.16. The molecule has 0 amide bonds. The standard InChI is InChI=1S/C12H15FO2/c1-8(9(2)15-10(3)14)11-4-6-12(13)7-5-11/h4-9H,1-3H3/t8-,9+/m1/s1. The summed E-state index contributed by atoms with van der Waals surface area (Å²) in [7, 11) is 0. The van der Waals surface area contributed by atoms with Crippen LogP contribution in [0.15, 0.2) is 24.3 Å². The van der Waals surface area contributed by atoms with Crippen LogP contribution in [0.3, 0.4) is 0 Å². The Morgan fingerprint density at radius 2 is 1.80 bits per heavy atom. The molecule has 1 aromatic carbocycles. The highest BCUT2D eigenvalue weighted by atomic mass is 19.1. The first-order valence-electron chi connectivity index (χ1n) is 4.93. The summed E-state index contributed by atoms with van der Waals surface area (Å²) >= 11 is 0. The maximum Gasteiger partial charge on any atom is 0.302 e. The van der Waals surface area contributed by atoms with E-state index in [1.165, 1.54) is 19.1 Å². The molecule has 3 heteroatoms. The van der Waals surface area contributed by atoms with Crippen molar-refractivity contribution in [3.05, 3.63) is 35.6 Å². The smallest absolute Gasteiger partial charge is 0.302 e. The number of hydrogen-bond donors (Lipinski definition) is 0. The van der Waals surface area contributed by atoms with Gasteiger partial charge in [-0.15, -0.1) is 0 Å². The lowest BCUT2D eigenvalue weighted by Gasteiger charge is -2.19. The third kappa shape index (κ3) is 3.35. The number of rotatable bonds is 3. The number of carbonyl (C=O) groups is 1. The molecule has 0 fully saturated rings. The number of ether oxygens (including phenoxy) is 1. The van der Waals surface area contributed by atoms with Gasteiger partial charge in [0.15, 0.2) is 0 Å². The highest BCUT2D eigenvalue weighted by Gasteiger charge is 2.16. The third-order valence-corrected chi connectivity index (χ3v) is 2.45. The Morgan fingerprint density at radius 1 is 1.27 bits per heavy atom. The van der Waals surface area contributed by atoms with Crippen LogP contribution in [0.2, 0.25) is 0 Å². The van der Waals surface area contributed by atoms with Gasteiger partial charge in [-0.2, -0.15) is 0 Å². The van der Waals surface area contributed by atoms with Gasteiger partial charge in [0, 0.05) is 12.8 Å². The van der Waals surface area contributed by atoms with Gasteiger partial charge in [-0.05, 0) is 24.6 Å². The molecule has 0 bridgehead atoms. The number of carbonyl (C=O) groups excluding carboxylic acids is 1. The molecule has 0 N–H and O–H groups in total. The Balaban J connectivity index is 2.71. The molecule has 15 heavy (non-hydrogen) atoms. The van der Waals surface area contributed by atoms with E-state index in [0.29, 0.717) is 0 Å². The molecule has 82 valence electrons. The Kier molecular flexibility index (Phi) is 3.83. The van der Waals surface area contributed by atoms with Gasteiger partial charge in [0.2, 0.25) is 0 Å². The Bertz CT molecular complexity index is 332. The summed E-state index contributed by atoms with van der Waals surface area (Å²) in [5, 5.41) is 0. The average molecular weight is 210 g/mol. The Hall–Kier alpha value is -1.38. The van der Waals surface area contributed by atoms with E-state index in [-0.39, 0.29) is 23.8 Å². The second-order valence-corrected chi connectivity index (χ2v) is 3.65. The van der Waals surface area contributed by atoms with E-state index >= 15 is 0 Å². The Morgan fingerprint density at radius 3 is 2.27 bits per heavy atom. The topological polar surface area (TPSA) is 26.3 Å². The quantitative estimate of drug-likeness (QED) is 0.717. The first kappa shape index (κ1) is 11.7. The molecular weight excluding hydrogens is 195 g/mol. The van der Waals surface area contributed by atoms with E-state index in [1.807, 2.05) is 13.8 Å². The van der Waals surface area contributed by atoms with E-state index in [9.17, 15) is 9.18 Å². The molecule has 0 heterocycles. The van der Waals surface area contributed by atoms with Crippen LogP contribution in [-0.2, 0) is 9.53 Å². The monoisotopic (exact) mass is 210 g/mol. The number of esters is 1. The molecule has 0 aliphatic carbocycles. The van der Waals surface area contributed by atoms with Crippen LogP contribution in [-0.4, -0.2) is 12.1 Å². The van der Waals surface area contributed by atoms with Crippen LogP contribution in [0, 0.1) is 5.82 Å². The van der Waals surface area contributed by atoms with Gasteiger partial charge in [-0.3, -0.25) is 4.79 Å². The van der Waals surface area contributed by atoms with Crippen molar-refractivity contribution in [2.24, 2.45) is 0 Å². The normalized spacial score (nSPS) is 14.4. The molecule has 2 nitrogen and oxygen atoms in total. The molecule has 0 aromatic heterocycles. The number of hydrogen-bond acceptors (Lipinski definition) is 2. The van der Waals surface area contributed by atoms with Crippen LogP contribution >= 0.6 is 0 Å². The fourth-order valence-electron chi connectivity index (χ4n) is 1.40. The van der Waals surface area contributed by atoms with E-state index in [1.54, 1.807) is 12.1 Å². The maximum absolute atomic E-state index is 12.7. The lowest BCUT2D eigenvalue weighted by atomic mass is 9.96. The van der Waals surface area contributed by atoms with Crippen LogP contribution < -0.4 is 0 Å². The van der Waals surface area contributed by atoms with Crippen molar-refractivity contribution in [1.82, 2.24) is 0 Å². The van der Waals surface area contributed by atoms with Crippen molar-refractivity contribution in [3.63, 3.8) is 0 Å². The van der Waals surface area contributed by atoms with E-state index in [0.717, 1.165) is 5.56 Å². The molecule has 0 spiro atoms. The van der Waals surface area contributed by atoms with Gasteiger partial charge in [0.05, 0.1) is 0 Å². The molecule has 1 aromatic rings. The summed E-state index contributed by atoms with van der Waals surface area (Å²) in [5.74, 6) is -0.489. The highest BCUT2D eigenvalue weighted by Crippen LogP contribution is 2.21. The first-order valence-corrected chi connectivity index (χ1v) is 4.93. The van der Waals surface area contributed by atoms with Crippen molar-refractivity contribution < 1.29 is 13.9 Å². The van der Waals surface area contributed by atoms with Gasteiger partial charge in [0.25, 0.3) is 0 Å². The summed E-state index contributed by atoms with van der Waals surface area (Å²) < 4.78 is 17.7. The maximum atomic E-state index is 12.7. The van der Waals surface area contributed by atoms with Gasteiger partial charge >= 0.3 is 5.97 Å². The summed E-state index contributed by atoms with van der Waals surface area (Å²) in [4.78, 5) is 10.8. The Labute approximate surface area is 89.1 Å². The minimum Gasteiger partial charge on any atom is -0.462 e. The molecule has 0 saturated heterocycles. The van der Waals surface area contributed by atoms with Gasteiger partial charge in [-0.1, -0.05) is 19.1 Å². The largest absolute Gasteiger partial charge is 0.462 e. The molecule has 0 saturated carbocycles. The fourth-order valence-corrected chi connectivity index (χ4v) is 1.40. The number of halogens is 1. The van der Waals surface area contributed by atoms with Crippen molar-refractivity contribution in [2.45, 2.75) is 32.8 Å². The van der Waals surface area contributed by atoms with Crippen LogP contribution in [0.25, 0.3) is 0 Å². The number of benzene rings is 1. The second kappa shape index (κ2) is 4.91. The fraction of sp³-hybridized carbons (Fsp3) is 0.417.